The Kier molecular flexibility index (Phi) is 6.26. The molecule has 0 unspecified atom stereocenters. The smallest absolute Gasteiger partial charge is 0.192 e. The minimum atomic E-state index is -1.96. The van der Waals surface area contributed by atoms with E-state index in [1.165, 1.54) is 0 Å². The van der Waals surface area contributed by atoms with Crippen molar-refractivity contribution in [1.29, 1.82) is 0 Å². The molecule has 0 spiro atoms. The summed E-state index contributed by atoms with van der Waals surface area (Å²) in [4.78, 5) is 0. The largest absolute Gasteiger partial charge is 0.411 e. The van der Waals surface area contributed by atoms with Crippen molar-refractivity contribution in [3.8, 4) is 0 Å². The first-order chi connectivity index (χ1) is 11.1. The fourth-order valence-electron chi connectivity index (χ4n) is 2.60. The topological polar surface area (TPSA) is 47.9 Å². The summed E-state index contributed by atoms with van der Waals surface area (Å²) in [5, 5.41) is 10.5. The van der Waals surface area contributed by atoms with Gasteiger partial charge in [-0.15, -0.1) is 0 Å². The van der Waals surface area contributed by atoms with Crippen molar-refractivity contribution in [1.82, 2.24) is 0 Å². The molecular formula is C19H32O4Si. The molecule has 1 fully saturated rings. The van der Waals surface area contributed by atoms with E-state index in [9.17, 15) is 5.11 Å². The molecule has 1 aromatic rings. The Morgan fingerprint density at radius 2 is 1.83 bits per heavy atom. The number of rotatable bonds is 5. The van der Waals surface area contributed by atoms with Crippen LogP contribution >= 0.6 is 0 Å². The summed E-state index contributed by atoms with van der Waals surface area (Å²) in [7, 11) is -1.96. The molecule has 1 saturated heterocycles. The summed E-state index contributed by atoms with van der Waals surface area (Å²) in [5.41, 5.74) is 1.11. The van der Waals surface area contributed by atoms with Gasteiger partial charge >= 0.3 is 0 Å². The van der Waals surface area contributed by atoms with Gasteiger partial charge in [-0.3, -0.25) is 0 Å². The maximum absolute atomic E-state index is 10.4. The maximum Gasteiger partial charge on any atom is 0.192 e. The van der Waals surface area contributed by atoms with Crippen LogP contribution in [0.3, 0.4) is 0 Å². The van der Waals surface area contributed by atoms with Gasteiger partial charge in [-0.1, -0.05) is 58.0 Å². The molecule has 0 saturated carbocycles. The first kappa shape index (κ1) is 19.6. The van der Waals surface area contributed by atoms with Crippen molar-refractivity contribution in [2.45, 2.75) is 70.9 Å². The molecule has 1 N–H and O–H groups in total. The molecule has 0 aliphatic carbocycles. The quantitative estimate of drug-likeness (QED) is 0.815. The Labute approximate surface area is 147 Å². The minimum Gasteiger partial charge on any atom is -0.411 e. The lowest BCUT2D eigenvalue weighted by Crippen LogP contribution is -2.55. The van der Waals surface area contributed by atoms with Crippen molar-refractivity contribution >= 4 is 8.32 Å². The molecule has 0 bridgehead atoms. The highest BCUT2D eigenvalue weighted by molar-refractivity contribution is 6.74. The van der Waals surface area contributed by atoms with Gasteiger partial charge in [-0.25, -0.2) is 0 Å². The number of ether oxygens (including phenoxy) is 2. The molecule has 4 atom stereocenters. The monoisotopic (exact) mass is 352 g/mol. The van der Waals surface area contributed by atoms with E-state index in [0.29, 0.717) is 6.61 Å². The highest BCUT2D eigenvalue weighted by Gasteiger charge is 2.45. The molecule has 0 aromatic heterocycles. The highest BCUT2D eigenvalue weighted by Crippen LogP contribution is 2.39. The van der Waals surface area contributed by atoms with Gasteiger partial charge in [0.25, 0.3) is 0 Å². The van der Waals surface area contributed by atoms with Crippen LogP contribution in [-0.2, 0) is 20.5 Å². The average Bonchev–Trinajstić information content (AvgIpc) is 2.50. The van der Waals surface area contributed by atoms with Crippen LogP contribution in [0, 0.1) is 5.92 Å². The number of benzene rings is 1. The van der Waals surface area contributed by atoms with Crippen molar-refractivity contribution in [2.24, 2.45) is 5.92 Å². The second-order valence-electron chi connectivity index (χ2n) is 8.27. The van der Waals surface area contributed by atoms with Crippen LogP contribution in [0.1, 0.15) is 33.3 Å². The molecule has 136 valence electrons. The Morgan fingerprint density at radius 1 is 1.21 bits per heavy atom. The van der Waals surface area contributed by atoms with Crippen molar-refractivity contribution in [3.63, 3.8) is 0 Å². The summed E-state index contributed by atoms with van der Waals surface area (Å²) in [5.74, 6) is -0.0217. The van der Waals surface area contributed by atoms with Crippen LogP contribution in [0.4, 0.5) is 0 Å². The van der Waals surface area contributed by atoms with Crippen molar-refractivity contribution in [2.75, 3.05) is 6.61 Å². The summed E-state index contributed by atoms with van der Waals surface area (Å²) >= 11 is 0. The fraction of sp³-hybridized carbons (Fsp3) is 0.684. The lowest BCUT2D eigenvalue weighted by atomic mass is 9.97. The molecule has 0 radical (unpaired) electrons. The van der Waals surface area contributed by atoms with E-state index in [-0.39, 0.29) is 30.0 Å². The fourth-order valence-corrected chi connectivity index (χ4v) is 4.01. The predicted molar refractivity (Wildman–Crippen MR) is 98.2 cm³/mol. The molecule has 5 heteroatoms. The van der Waals surface area contributed by atoms with Crippen LogP contribution in [0.5, 0.6) is 0 Å². The zero-order valence-electron chi connectivity index (χ0n) is 15.8. The van der Waals surface area contributed by atoms with Gasteiger partial charge in [0.1, 0.15) is 6.10 Å². The lowest BCUT2D eigenvalue weighted by Gasteiger charge is -2.45. The third kappa shape index (κ3) is 4.67. The van der Waals surface area contributed by atoms with Gasteiger partial charge in [-0.2, -0.15) is 0 Å². The first-order valence-corrected chi connectivity index (χ1v) is 11.7. The normalized spacial score (nSPS) is 28.8. The Bertz CT molecular complexity index is 512. The van der Waals surface area contributed by atoms with Crippen LogP contribution in [0.2, 0.25) is 18.1 Å². The van der Waals surface area contributed by atoms with E-state index in [4.69, 9.17) is 13.9 Å². The molecule has 24 heavy (non-hydrogen) atoms. The number of aliphatic hydroxyl groups excluding tert-OH is 1. The standard InChI is InChI=1S/C19H32O4Si/c1-14-17(23-24(5,6)19(2,3)4)16(20)13-22-18(14)21-12-15-10-8-7-9-11-15/h7-11,14,16-18,20H,12-13H2,1-6H3/t14-,16+,17-,18-/m0/s1. The predicted octanol–water partition coefficient (Wildman–Crippen LogP) is 3.95. The molecule has 1 aliphatic heterocycles. The molecule has 1 aromatic carbocycles. The zero-order valence-corrected chi connectivity index (χ0v) is 16.8. The van der Waals surface area contributed by atoms with Gasteiger partial charge in [0.2, 0.25) is 0 Å². The molecule has 4 nitrogen and oxygen atoms in total. The average molecular weight is 353 g/mol. The van der Waals surface area contributed by atoms with Gasteiger partial charge in [0.05, 0.1) is 19.3 Å². The third-order valence-corrected chi connectivity index (χ3v) is 9.73. The van der Waals surface area contributed by atoms with E-state index in [0.717, 1.165) is 5.56 Å². The van der Waals surface area contributed by atoms with Gasteiger partial charge in [-0.05, 0) is 23.7 Å². The third-order valence-electron chi connectivity index (χ3n) is 5.25. The number of hydrogen-bond donors (Lipinski definition) is 1. The minimum absolute atomic E-state index is 0.0217. The van der Waals surface area contributed by atoms with E-state index in [2.05, 4.69) is 33.9 Å². The number of hydrogen-bond acceptors (Lipinski definition) is 4. The highest BCUT2D eigenvalue weighted by atomic mass is 28.4. The molecule has 1 heterocycles. The lowest BCUT2D eigenvalue weighted by molar-refractivity contribution is -0.247. The van der Waals surface area contributed by atoms with Gasteiger partial charge < -0.3 is 19.0 Å². The summed E-state index contributed by atoms with van der Waals surface area (Å²) in [6.07, 6.45) is -1.21. The summed E-state index contributed by atoms with van der Waals surface area (Å²) < 4.78 is 18.2. The maximum atomic E-state index is 10.4. The second-order valence-corrected chi connectivity index (χ2v) is 13.0. The van der Waals surface area contributed by atoms with Gasteiger partial charge in [0, 0.05) is 5.92 Å². The van der Waals surface area contributed by atoms with E-state index < -0.39 is 14.4 Å². The van der Waals surface area contributed by atoms with E-state index >= 15 is 0 Å². The van der Waals surface area contributed by atoms with Crippen LogP contribution in [0.15, 0.2) is 30.3 Å². The summed E-state index contributed by atoms with van der Waals surface area (Å²) in [6, 6.07) is 10.1. The Balaban J connectivity index is 2.01. The van der Waals surface area contributed by atoms with Crippen LogP contribution < -0.4 is 0 Å². The Morgan fingerprint density at radius 3 is 2.42 bits per heavy atom. The van der Waals surface area contributed by atoms with E-state index in [1.807, 2.05) is 37.3 Å². The van der Waals surface area contributed by atoms with E-state index in [1.54, 1.807) is 0 Å². The molecule has 0 amide bonds. The summed E-state index contributed by atoms with van der Waals surface area (Å²) in [6.45, 7) is 13.8. The molecular weight excluding hydrogens is 320 g/mol. The van der Waals surface area contributed by atoms with Gasteiger partial charge in [0.15, 0.2) is 14.6 Å². The SMILES string of the molecule is C[C@@H]1[C@@H](OCc2ccccc2)OC[C@@H](O)[C@H]1O[Si](C)(C)C(C)(C)C. The molecule has 2 rings (SSSR count). The van der Waals surface area contributed by atoms with Crippen LogP contribution in [-0.4, -0.2) is 38.5 Å². The number of aliphatic hydroxyl groups is 1. The first-order valence-electron chi connectivity index (χ1n) is 8.75. The Hall–Kier alpha value is -0.723. The molecule has 1 aliphatic rings. The zero-order chi connectivity index (χ0) is 18.0. The van der Waals surface area contributed by atoms with Crippen molar-refractivity contribution < 1.29 is 19.0 Å². The van der Waals surface area contributed by atoms with Crippen molar-refractivity contribution in [3.05, 3.63) is 35.9 Å². The van der Waals surface area contributed by atoms with Crippen LogP contribution in [0.25, 0.3) is 0 Å². The second kappa shape index (κ2) is 7.66.